The van der Waals surface area contributed by atoms with E-state index in [-0.39, 0.29) is 17.3 Å². The fraction of sp³-hybridized carbons (Fsp3) is 0.533. The zero-order valence-electron chi connectivity index (χ0n) is 11.7. The smallest absolute Gasteiger partial charge is 0.169 e. The number of ether oxygens (including phenoxy) is 2. The van der Waals surface area contributed by atoms with E-state index in [4.69, 9.17) is 9.47 Å². The van der Waals surface area contributed by atoms with Crippen molar-refractivity contribution in [2.24, 2.45) is 5.92 Å². The van der Waals surface area contributed by atoms with Crippen LogP contribution in [0, 0.1) is 5.92 Å². The van der Waals surface area contributed by atoms with Crippen LogP contribution < -0.4 is 0 Å². The Morgan fingerprint density at radius 2 is 2.33 bits per heavy atom. The molecule has 0 aliphatic carbocycles. The van der Waals surface area contributed by atoms with Gasteiger partial charge in [0.15, 0.2) is 5.78 Å². The molecule has 6 heteroatoms. The van der Waals surface area contributed by atoms with Crippen molar-refractivity contribution in [3.05, 3.63) is 30.4 Å². The highest BCUT2D eigenvalue weighted by Crippen LogP contribution is 2.37. The zero-order valence-corrected chi connectivity index (χ0v) is 11.7. The van der Waals surface area contributed by atoms with Gasteiger partial charge in [-0.15, -0.1) is 0 Å². The summed E-state index contributed by atoms with van der Waals surface area (Å²) in [5.41, 5.74) is 1.18. The highest BCUT2D eigenvalue weighted by molar-refractivity contribution is 6.03. The first kappa shape index (κ1) is 12.9. The normalized spacial score (nSPS) is 29.2. The molecule has 6 nitrogen and oxygen atoms in total. The minimum absolute atomic E-state index is 0.0198. The standard InChI is InChI=1S/C15H17N3O3/c19-14(12-8-17-18-4-3-16-9-13(12)18)11-1-5-21-15(7-11)2-6-20-10-15/h3-4,8-9,11H,1-2,5-7,10H2. The monoisotopic (exact) mass is 287 g/mol. The molecule has 0 N–H and O–H groups in total. The Labute approximate surface area is 122 Å². The van der Waals surface area contributed by atoms with E-state index in [0.717, 1.165) is 31.4 Å². The Morgan fingerprint density at radius 3 is 3.19 bits per heavy atom. The van der Waals surface area contributed by atoms with Crippen molar-refractivity contribution in [3.63, 3.8) is 0 Å². The van der Waals surface area contributed by atoms with Gasteiger partial charge in [-0.3, -0.25) is 9.78 Å². The summed E-state index contributed by atoms with van der Waals surface area (Å²) < 4.78 is 13.1. The van der Waals surface area contributed by atoms with Crippen LogP contribution >= 0.6 is 0 Å². The fourth-order valence-corrected chi connectivity index (χ4v) is 3.36. The third-order valence-electron chi connectivity index (χ3n) is 4.52. The third-order valence-corrected chi connectivity index (χ3v) is 4.52. The first-order valence-corrected chi connectivity index (χ1v) is 7.31. The molecular formula is C15H17N3O3. The molecule has 2 aromatic rings. The first-order valence-electron chi connectivity index (χ1n) is 7.31. The molecule has 1 spiro atoms. The van der Waals surface area contributed by atoms with Gasteiger partial charge in [0.1, 0.15) is 0 Å². The maximum atomic E-state index is 12.8. The molecule has 0 aromatic carbocycles. The number of Topliss-reactive ketones (excluding diaryl/α,β-unsaturated/α-hetero) is 1. The first-order chi connectivity index (χ1) is 10.3. The largest absolute Gasteiger partial charge is 0.378 e. The summed E-state index contributed by atoms with van der Waals surface area (Å²) in [6.07, 6.45) is 9.13. The molecule has 0 saturated carbocycles. The van der Waals surface area contributed by atoms with Crippen LogP contribution in [-0.4, -0.2) is 45.8 Å². The molecule has 2 aliphatic rings. The molecule has 2 atom stereocenters. The molecule has 2 aromatic heterocycles. The zero-order chi connectivity index (χ0) is 14.3. The van der Waals surface area contributed by atoms with Gasteiger partial charge >= 0.3 is 0 Å². The average molecular weight is 287 g/mol. The Bertz CT molecular complexity index is 676. The number of nitrogens with zero attached hydrogens (tertiary/aromatic N) is 3. The predicted molar refractivity (Wildman–Crippen MR) is 74.2 cm³/mol. The van der Waals surface area contributed by atoms with Crippen LogP contribution in [0.5, 0.6) is 0 Å². The SMILES string of the molecule is O=C(c1cnn2ccncc12)C1CCOC2(CCOC2)C1. The topological polar surface area (TPSA) is 65.7 Å². The Kier molecular flexibility index (Phi) is 3.01. The van der Waals surface area contributed by atoms with Crippen molar-refractivity contribution < 1.29 is 14.3 Å². The predicted octanol–water partition coefficient (Wildman–Crippen LogP) is 1.50. The van der Waals surface area contributed by atoms with E-state index in [9.17, 15) is 4.79 Å². The summed E-state index contributed by atoms with van der Waals surface area (Å²) >= 11 is 0. The molecule has 0 bridgehead atoms. The Hall–Kier alpha value is -1.79. The Balaban J connectivity index is 1.62. The van der Waals surface area contributed by atoms with Gasteiger partial charge in [0, 0.05) is 37.9 Å². The van der Waals surface area contributed by atoms with Gasteiger partial charge in [0.05, 0.1) is 35.7 Å². The van der Waals surface area contributed by atoms with E-state index in [1.165, 1.54) is 0 Å². The summed E-state index contributed by atoms with van der Waals surface area (Å²) in [5, 5.41) is 4.22. The molecule has 2 unspecified atom stereocenters. The van der Waals surface area contributed by atoms with Crippen LogP contribution in [-0.2, 0) is 9.47 Å². The lowest BCUT2D eigenvalue weighted by atomic mass is 9.81. The minimum atomic E-state index is -0.250. The van der Waals surface area contributed by atoms with Crippen LogP contribution in [0.2, 0.25) is 0 Å². The summed E-state index contributed by atoms with van der Waals surface area (Å²) in [6.45, 7) is 1.95. The van der Waals surface area contributed by atoms with Crippen LogP contribution in [0.3, 0.4) is 0 Å². The van der Waals surface area contributed by atoms with Gasteiger partial charge in [0.25, 0.3) is 0 Å². The van der Waals surface area contributed by atoms with E-state index >= 15 is 0 Å². The number of fused-ring (bicyclic) bond motifs is 1. The number of hydrogen-bond donors (Lipinski definition) is 0. The van der Waals surface area contributed by atoms with E-state index in [1.54, 1.807) is 29.3 Å². The molecule has 2 saturated heterocycles. The lowest BCUT2D eigenvalue weighted by molar-refractivity contribution is -0.0920. The number of hydrogen-bond acceptors (Lipinski definition) is 5. The van der Waals surface area contributed by atoms with Crippen molar-refractivity contribution in [3.8, 4) is 0 Å². The molecule has 0 amide bonds. The number of carbonyl (C=O) groups excluding carboxylic acids is 1. The van der Waals surface area contributed by atoms with E-state index in [0.29, 0.717) is 18.8 Å². The minimum Gasteiger partial charge on any atom is -0.378 e. The molecule has 4 rings (SSSR count). The van der Waals surface area contributed by atoms with E-state index in [2.05, 4.69) is 10.1 Å². The quantitative estimate of drug-likeness (QED) is 0.783. The van der Waals surface area contributed by atoms with Gasteiger partial charge in [-0.05, 0) is 12.8 Å². The number of aromatic nitrogens is 3. The van der Waals surface area contributed by atoms with Gasteiger partial charge in [-0.2, -0.15) is 5.10 Å². The van der Waals surface area contributed by atoms with Crippen LogP contribution in [0.1, 0.15) is 29.6 Å². The maximum absolute atomic E-state index is 12.8. The molecule has 110 valence electrons. The second-order valence-electron chi connectivity index (χ2n) is 5.85. The second-order valence-corrected chi connectivity index (χ2v) is 5.85. The lowest BCUT2D eigenvalue weighted by Crippen LogP contribution is -2.42. The van der Waals surface area contributed by atoms with Crippen molar-refractivity contribution >= 4 is 11.3 Å². The number of rotatable bonds is 2. The highest BCUT2D eigenvalue weighted by Gasteiger charge is 2.43. The highest BCUT2D eigenvalue weighted by atomic mass is 16.6. The third kappa shape index (κ3) is 2.15. The maximum Gasteiger partial charge on any atom is 0.169 e. The van der Waals surface area contributed by atoms with Gasteiger partial charge in [0.2, 0.25) is 0 Å². The van der Waals surface area contributed by atoms with Crippen molar-refractivity contribution in [2.75, 3.05) is 19.8 Å². The van der Waals surface area contributed by atoms with Gasteiger partial charge in [-0.1, -0.05) is 0 Å². The van der Waals surface area contributed by atoms with Gasteiger partial charge in [-0.25, -0.2) is 4.52 Å². The van der Waals surface area contributed by atoms with Crippen molar-refractivity contribution in [2.45, 2.75) is 24.9 Å². The summed E-state index contributed by atoms with van der Waals surface area (Å²) in [6, 6.07) is 0. The summed E-state index contributed by atoms with van der Waals surface area (Å²) in [7, 11) is 0. The van der Waals surface area contributed by atoms with Crippen LogP contribution in [0.25, 0.3) is 5.52 Å². The second kappa shape index (κ2) is 4.89. The fourth-order valence-electron chi connectivity index (χ4n) is 3.36. The summed E-state index contributed by atoms with van der Waals surface area (Å²) in [5.74, 6) is 0.126. The van der Waals surface area contributed by atoms with E-state index < -0.39 is 0 Å². The molecule has 21 heavy (non-hydrogen) atoms. The lowest BCUT2D eigenvalue weighted by Gasteiger charge is -2.36. The summed E-state index contributed by atoms with van der Waals surface area (Å²) in [4.78, 5) is 16.9. The van der Waals surface area contributed by atoms with Gasteiger partial charge < -0.3 is 9.47 Å². The van der Waals surface area contributed by atoms with E-state index in [1.807, 2.05) is 0 Å². The Morgan fingerprint density at radius 1 is 1.38 bits per heavy atom. The molecule has 4 heterocycles. The molecular weight excluding hydrogens is 270 g/mol. The molecule has 2 fully saturated rings. The van der Waals surface area contributed by atoms with Crippen molar-refractivity contribution in [1.29, 1.82) is 0 Å². The van der Waals surface area contributed by atoms with Crippen LogP contribution in [0.15, 0.2) is 24.8 Å². The van der Waals surface area contributed by atoms with Crippen molar-refractivity contribution in [1.82, 2.24) is 14.6 Å². The number of carbonyl (C=O) groups is 1. The number of ketones is 1. The molecule has 0 radical (unpaired) electrons. The molecule has 2 aliphatic heterocycles. The van der Waals surface area contributed by atoms with Crippen LogP contribution in [0.4, 0.5) is 0 Å². The average Bonchev–Trinajstić information content (AvgIpc) is 3.14.